The lowest BCUT2D eigenvalue weighted by atomic mass is 10.1. The highest BCUT2D eigenvalue weighted by atomic mass is 15.1. The molecule has 0 aliphatic heterocycles. The minimum Gasteiger partial charge on any atom is -0.363 e. The highest BCUT2D eigenvalue weighted by Gasteiger charge is 2.12. The van der Waals surface area contributed by atoms with Gasteiger partial charge in [-0.1, -0.05) is 78.4 Å². The maximum atomic E-state index is 6.02. The second-order valence-electron chi connectivity index (χ2n) is 6.16. The van der Waals surface area contributed by atoms with E-state index in [1.54, 1.807) is 0 Å². The second-order valence-corrected chi connectivity index (χ2v) is 6.16. The van der Waals surface area contributed by atoms with Crippen LogP contribution in [0.25, 0.3) is 0 Å². The zero-order chi connectivity index (χ0) is 16.8. The summed E-state index contributed by atoms with van der Waals surface area (Å²) in [6.45, 7) is 4.40. The van der Waals surface area contributed by atoms with E-state index in [-0.39, 0.29) is 0 Å². The van der Waals surface area contributed by atoms with Gasteiger partial charge in [-0.2, -0.15) is 0 Å². The fourth-order valence-electron chi connectivity index (χ4n) is 3.02. The summed E-state index contributed by atoms with van der Waals surface area (Å²) >= 11 is 0. The Labute approximate surface area is 144 Å². The zero-order valence-corrected chi connectivity index (χ0v) is 14.2. The van der Waals surface area contributed by atoms with Gasteiger partial charge in [0.2, 0.25) is 0 Å². The molecule has 24 heavy (non-hydrogen) atoms. The van der Waals surface area contributed by atoms with E-state index in [1.165, 1.54) is 27.9 Å². The highest BCUT2D eigenvalue weighted by molar-refractivity contribution is 5.55. The number of aryl methyl sites for hydroxylation is 1. The first-order chi connectivity index (χ1) is 11.8. The molecule has 0 radical (unpaired) electrons. The zero-order valence-electron chi connectivity index (χ0n) is 14.2. The summed E-state index contributed by atoms with van der Waals surface area (Å²) in [5.74, 6) is 0. The van der Waals surface area contributed by atoms with Gasteiger partial charge in [-0.25, -0.2) is 0 Å². The van der Waals surface area contributed by atoms with Crippen molar-refractivity contribution in [3.63, 3.8) is 0 Å². The molecule has 0 atom stereocenters. The molecule has 2 N–H and O–H groups in total. The van der Waals surface area contributed by atoms with Crippen LogP contribution in [0.2, 0.25) is 0 Å². The van der Waals surface area contributed by atoms with Crippen molar-refractivity contribution in [2.45, 2.75) is 26.6 Å². The molecule has 0 saturated heterocycles. The van der Waals surface area contributed by atoms with Crippen molar-refractivity contribution in [2.75, 3.05) is 4.90 Å². The third-order valence-corrected chi connectivity index (χ3v) is 4.23. The van der Waals surface area contributed by atoms with Crippen molar-refractivity contribution < 1.29 is 0 Å². The minimum atomic E-state index is 0.553. The van der Waals surface area contributed by atoms with Crippen LogP contribution in [-0.4, -0.2) is 0 Å². The smallest absolute Gasteiger partial charge is 0.0433 e. The molecule has 0 aliphatic carbocycles. The first-order valence-electron chi connectivity index (χ1n) is 8.38. The first kappa shape index (κ1) is 16.3. The number of hydrogen-bond acceptors (Lipinski definition) is 2. The molecule has 0 amide bonds. The van der Waals surface area contributed by atoms with Gasteiger partial charge in [-0.3, -0.25) is 0 Å². The SMILES string of the molecule is Cc1ccc(N(Cc2ccccc2)Cc2ccccc2)c(CN)c1. The summed E-state index contributed by atoms with van der Waals surface area (Å²) in [6.07, 6.45) is 0. The van der Waals surface area contributed by atoms with E-state index in [0.717, 1.165) is 13.1 Å². The molecule has 0 fully saturated rings. The molecule has 0 aliphatic rings. The van der Waals surface area contributed by atoms with Crippen molar-refractivity contribution in [3.05, 3.63) is 101 Å². The Bertz CT molecular complexity index is 725. The normalized spacial score (nSPS) is 10.6. The van der Waals surface area contributed by atoms with Crippen LogP contribution in [0.3, 0.4) is 0 Å². The lowest BCUT2D eigenvalue weighted by Gasteiger charge is -2.28. The molecule has 2 nitrogen and oxygen atoms in total. The van der Waals surface area contributed by atoms with Gasteiger partial charge in [0.25, 0.3) is 0 Å². The third-order valence-electron chi connectivity index (χ3n) is 4.23. The van der Waals surface area contributed by atoms with E-state index in [0.29, 0.717) is 6.54 Å². The molecule has 3 aromatic carbocycles. The Morgan fingerprint density at radius 2 is 1.29 bits per heavy atom. The van der Waals surface area contributed by atoms with Crippen molar-refractivity contribution in [2.24, 2.45) is 5.73 Å². The summed E-state index contributed by atoms with van der Waals surface area (Å²) in [5.41, 5.74) is 12.3. The monoisotopic (exact) mass is 316 g/mol. The van der Waals surface area contributed by atoms with Crippen molar-refractivity contribution >= 4 is 5.69 Å². The van der Waals surface area contributed by atoms with Crippen LogP contribution in [0.5, 0.6) is 0 Å². The predicted molar refractivity (Wildman–Crippen MR) is 102 cm³/mol. The Kier molecular flexibility index (Phi) is 5.29. The topological polar surface area (TPSA) is 29.3 Å². The van der Waals surface area contributed by atoms with Gasteiger partial charge >= 0.3 is 0 Å². The van der Waals surface area contributed by atoms with Gasteiger partial charge in [0.05, 0.1) is 0 Å². The number of nitrogens with two attached hydrogens (primary N) is 1. The third kappa shape index (κ3) is 4.03. The Balaban J connectivity index is 1.95. The van der Waals surface area contributed by atoms with Crippen LogP contribution in [0.4, 0.5) is 5.69 Å². The van der Waals surface area contributed by atoms with E-state index >= 15 is 0 Å². The summed E-state index contributed by atoms with van der Waals surface area (Å²) in [4.78, 5) is 2.41. The van der Waals surface area contributed by atoms with Crippen molar-refractivity contribution in [3.8, 4) is 0 Å². The molecule has 0 heterocycles. The minimum absolute atomic E-state index is 0.553. The summed E-state index contributed by atoms with van der Waals surface area (Å²) < 4.78 is 0. The fourth-order valence-corrected chi connectivity index (χ4v) is 3.02. The maximum Gasteiger partial charge on any atom is 0.0433 e. The van der Waals surface area contributed by atoms with E-state index in [9.17, 15) is 0 Å². The molecule has 0 spiro atoms. The average Bonchev–Trinajstić information content (AvgIpc) is 2.63. The molecule has 0 saturated carbocycles. The molecular formula is C22H24N2. The Hall–Kier alpha value is -2.58. The molecule has 0 aromatic heterocycles. The number of benzene rings is 3. The predicted octanol–water partition coefficient (Wildman–Crippen LogP) is 4.66. The molecule has 3 rings (SSSR count). The van der Waals surface area contributed by atoms with E-state index in [4.69, 9.17) is 5.73 Å². The quantitative estimate of drug-likeness (QED) is 0.716. The Morgan fingerprint density at radius 1 is 0.750 bits per heavy atom. The number of hydrogen-bond donors (Lipinski definition) is 1. The van der Waals surface area contributed by atoms with Crippen LogP contribution >= 0.6 is 0 Å². The second kappa shape index (κ2) is 7.80. The average molecular weight is 316 g/mol. The number of anilines is 1. The summed E-state index contributed by atoms with van der Waals surface area (Å²) in [7, 11) is 0. The lowest BCUT2D eigenvalue weighted by Crippen LogP contribution is -2.24. The molecule has 122 valence electrons. The van der Waals surface area contributed by atoms with Crippen molar-refractivity contribution in [1.29, 1.82) is 0 Å². The van der Waals surface area contributed by atoms with Crippen LogP contribution < -0.4 is 10.6 Å². The van der Waals surface area contributed by atoms with Gasteiger partial charge in [0, 0.05) is 25.3 Å². The lowest BCUT2D eigenvalue weighted by molar-refractivity contribution is 0.791. The van der Waals surface area contributed by atoms with Gasteiger partial charge in [0.15, 0.2) is 0 Å². The van der Waals surface area contributed by atoms with Gasteiger partial charge in [-0.15, -0.1) is 0 Å². The van der Waals surface area contributed by atoms with Crippen LogP contribution in [-0.2, 0) is 19.6 Å². The molecular weight excluding hydrogens is 292 g/mol. The van der Waals surface area contributed by atoms with Crippen LogP contribution in [0.1, 0.15) is 22.3 Å². The van der Waals surface area contributed by atoms with Gasteiger partial charge in [0.1, 0.15) is 0 Å². The fraction of sp³-hybridized carbons (Fsp3) is 0.182. The van der Waals surface area contributed by atoms with E-state index < -0.39 is 0 Å². The molecule has 0 unspecified atom stereocenters. The number of rotatable bonds is 6. The largest absolute Gasteiger partial charge is 0.363 e. The maximum absolute atomic E-state index is 6.02. The number of nitrogens with zero attached hydrogens (tertiary/aromatic N) is 1. The molecule has 2 heteroatoms. The summed E-state index contributed by atoms with van der Waals surface area (Å²) in [5, 5.41) is 0. The van der Waals surface area contributed by atoms with Gasteiger partial charge in [-0.05, 0) is 29.7 Å². The van der Waals surface area contributed by atoms with Crippen LogP contribution in [0.15, 0.2) is 78.9 Å². The van der Waals surface area contributed by atoms with Gasteiger partial charge < -0.3 is 10.6 Å². The highest BCUT2D eigenvalue weighted by Crippen LogP contribution is 2.25. The first-order valence-corrected chi connectivity index (χ1v) is 8.38. The van der Waals surface area contributed by atoms with E-state index in [2.05, 4.69) is 90.7 Å². The van der Waals surface area contributed by atoms with Crippen molar-refractivity contribution in [1.82, 2.24) is 0 Å². The molecule has 0 bridgehead atoms. The standard InChI is InChI=1S/C22H24N2/c1-18-12-13-22(21(14-18)15-23)24(16-19-8-4-2-5-9-19)17-20-10-6-3-7-11-20/h2-14H,15-17,23H2,1H3. The Morgan fingerprint density at radius 3 is 1.79 bits per heavy atom. The summed E-state index contributed by atoms with van der Waals surface area (Å²) in [6, 6.07) is 27.7. The van der Waals surface area contributed by atoms with Crippen LogP contribution in [0, 0.1) is 6.92 Å². The van der Waals surface area contributed by atoms with E-state index in [1.807, 2.05) is 0 Å². The molecule has 3 aromatic rings.